The van der Waals surface area contributed by atoms with Crippen LogP contribution in [0.3, 0.4) is 0 Å². The average Bonchev–Trinajstić information content (AvgIpc) is 3.29. The van der Waals surface area contributed by atoms with E-state index in [1.165, 1.54) is 12.8 Å². The van der Waals surface area contributed by atoms with Gasteiger partial charge in [-0.05, 0) is 111 Å². The molecular weight excluding hydrogens is 536 g/mol. The van der Waals surface area contributed by atoms with E-state index >= 15 is 0 Å². The zero-order chi connectivity index (χ0) is 28.9. The number of hydrogen-bond donors (Lipinski definition) is 2. The summed E-state index contributed by atoms with van der Waals surface area (Å²) in [5.74, 6) is 1.46. The van der Waals surface area contributed by atoms with E-state index in [0.717, 1.165) is 40.8 Å². The number of nitrogens with zero attached hydrogens (tertiary/aromatic N) is 1. The van der Waals surface area contributed by atoms with E-state index in [0.29, 0.717) is 28.6 Å². The maximum Gasteiger partial charge on any atom is 0.232 e. The van der Waals surface area contributed by atoms with Crippen LogP contribution in [0.25, 0.3) is 0 Å². The Labute approximate surface area is 247 Å². The van der Waals surface area contributed by atoms with Gasteiger partial charge in [0.2, 0.25) is 5.91 Å². The Balaban J connectivity index is 1.39. The minimum absolute atomic E-state index is 0.00790. The fourth-order valence-corrected chi connectivity index (χ4v) is 7.17. The highest BCUT2D eigenvalue weighted by Gasteiger charge is 2.43. The summed E-state index contributed by atoms with van der Waals surface area (Å²) in [6.45, 7) is 5.91. The number of carbonyl (C=O) groups excluding carboxylic acids is 1. The molecule has 0 saturated carbocycles. The first kappa shape index (κ1) is 28.1. The molecule has 1 amide bonds. The van der Waals surface area contributed by atoms with E-state index in [2.05, 4.69) is 5.32 Å². The molecule has 3 aromatic rings. The summed E-state index contributed by atoms with van der Waals surface area (Å²) in [5, 5.41) is 16.0. The van der Waals surface area contributed by atoms with Crippen LogP contribution in [-0.4, -0.2) is 36.3 Å². The molecule has 2 fully saturated rings. The minimum Gasteiger partial charge on any atom is -0.493 e. The number of carbonyl (C=O) groups is 1. The van der Waals surface area contributed by atoms with Gasteiger partial charge in [0, 0.05) is 22.8 Å². The van der Waals surface area contributed by atoms with E-state index < -0.39 is 5.60 Å². The van der Waals surface area contributed by atoms with Gasteiger partial charge in [-0.25, -0.2) is 0 Å². The third-order valence-electron chi connectivity index (χ3n) is 9.13. The van der Waals surface area contributed by atoms with Crippen molar-refractivity contribution >= 4 is 23.2 Å². The quantitative estimate of drug-likeness (QED) is 0.335. The molecule has 6 rings (SSSR count). The number of rotatable bonds is 7. The SMILES string of the molecule is COc1cc2c(cc1OC(C)C)C(c1ccc(Cl)cc1)N(c1ccc([C@@](C)(O)C3CC4CCC(C3)N4)cc1)C(=O)C2. The predicted octanol–water partition coefficient (Wildman–Crippen LogP) is 6.55. The standard InChI is InChI=1S/C34H39ClN2O4/c1-20(2)41-31-19-29-22(15-30(31)40-4)16-32(38)37(33(29)21-5-9-25(35)10-6-21)28-13-7-23(8-14-28)34(3,39)24-17-26-11-12-27(18-24)36-26/h5-10,13-15,19-20,24,26-27,33,36,39H,11-12,16-18H2,1-4H3/t24?,26?,27?,33?,34-/m1/s1. The number of fused-ring (bicyclic) bond motifs is 3. The van der Waals surface area contributed by atoms with Gasteiger partial charge < -0.3 is 24.8 Å². The van der Waals surface area contributed by atoms with Crippen LogP contribution in [0.2, 0.25) is 5.02 Å². The first-order valence-corrected chi connectivity index (χ1v) is 15.1. The maximum atomic E-state index is 13.9. The van der Waals surface area contributed by atoms with E-state index in [1.54, 1.807) is 7.11 Å². The Morgan fingerprint density at radius 1 is 1.00 bits per heavy atom. The van der Waals surface area contributed by atoms with Crippen molar-refractivity contribution in [1.82, 2.24) is 5.32 Å². The van der Waals surface area contributed by atoms with E-state index in [-0.39, 0.29) is 30.4 Å². The summed E-state index contributed by atoms with van der Waals surface area (Å²) < 4.78 is 11.8. The molecule has 3 unspecified atom stereocenters. The molecule has 3 aromatic carbocycles. The minimum atomic E-state index is -0.935. The topological polar surface area (TPSA) is 71.0 Å². The Morgan fingerprint density at radius 2 is 1.66 bits per heavy atom. The number of benzene rings is 3. The molecule has 41 heavy (non-hydrogen) atoms. The molecule has 0 aromatic heterocycles. The Bertz CT molecular complexity index is 1410. The molecule has 3 heterocycles. The van der Waals surface area contributed by atoms with Gasteiger partial charge in [0.1, 0.15) is 0 Å². The van der Waals surface area contributed by atoms with Crippen LogP contribution in [0.5, 0.6) is 11.5 Å². The molecule has 3 aliphatic rings. The molecule has 3 aliphatic heterocycles. The number of anilines is 1. The van der Waals surface area contributed by atoms with Gasteiger partial charge in [-0.3, -0.25) is 4.79 Å². The number of halogens is 1. The van der Waals surface area contributed by atoms with Crippen LogP contribution >= 0.6 is 11.6 Å². The Hall–Kier alpha value is -3.06. The highest BCUT2D eigenvalue weighted by atomic mass is 35.5. The van der Waals surface area contributed by atoms with Gasteiger partial charge in [-0.2, -0.15) is 0 Å². The first-order valence-electron chi connectivity index (χ1n) is 14.7. The van der Waals surface area contributed by atoms with Crippen LogP contribution in [0, 0.1) is 5.92 Å². The summed E-state index contributed by atoms with van der Waals surface area (Å²) in [6.07, 6.45) is 4.56. The average molecular weight is 575 g/mol. The van der Waals surface area contributed by atoms with Gasteiger partial charge in [-0.1, -0.05) is 35.9 Å². The van der Waals surface area contributed by atoms with Crippen molar-refractivity contribution in [1.29, 1.82) is 0 Å². The second-order valence-corrected chi connectivity index (χ2v) is 12.7. The zero-order valence-electron chi connectivity index (χ0n) is 24.2. The number of aliphatic hydroxyl groups is 1. The molecule has 0 radical (unpaired) electrons. The fourth-order valence-electron chi connectivity index (χ4n) is 7.04. The second kappa shape index (κ2) is 11.0. The molecular formula is C34H39ClN2O4. The number of nitrogens with one attached hydrogen (secondary N) is 1. The molecule has 7 heteroatoms. The number of piperidine rings is 1. The Morgan fingerprint density at radius 3 is 2.27 bits per heavy atom. The van der Waals surface area contributed by atoms with Crippen molar-refractivity contribution < 1.29 is 19.4 Å². The molecule has 216 valence electrons. The van der Waals surface area contributed by atoms with Crippen molar-refractivity contribution in [3.8, 4) is 11.5 Å². The van der Waals surface area contributed by atoms with E-state index in [1.807, 2.05) is 86.3 Å². The molecule has 0 aliphatic carbocycles. The zero-order valence-corrected chi connectivity index (χ0v) is 24.9. The number of methoxy groups -OCH3 is 1. The summed E-state index contributed by atoms with van der Waals surface area (Å²) in [4.78, 5) is 15.7. The van der Waals surface area contributed by atoms with Gasteiger partial charge >= 0.3 is 0 Å². The highest BCUT2D eigenvalue weighted by Crippen LogP contribution is 2.45. The summed E-state index contributed by atoms with van der Waals surface area (Å²) >= 11 is 6.26. The lowest BCUT2D eigenvalue weighted by atomic mass is 9.75. The largest absolute Gasteiger partial charge is 0.493 e. The molecule has 4 atom stereocenters. The summed E-state index contributed by atoms with van der Waals surface area (Å²) in [5.41, 5.74) is 3.59. The van der Waals surface area contributed by atoms with Crippen LogP contribution in [0.1, 0.15) is 74.8 Å². The van der Waals surface area contributed by atoms with Crippen LogP contribution < -0.4 is 19.7 Å². The molecule has 0 spiro atoms. The van der Waals surface area contributed by atoms with Crippen LogP contribution in [-0.2, 0) is 16.8 Å². The van der Waals surface area contributed by atoms with Gasteiger partial charge in [0.25, 0.3) is 0 Å². The third-order valence-corrected chi connectivity index (χ3v) is 9.39. The fraction of sp³-hybridized carbons (Fsp3) is 0.441. The smallest absolute Gasteiger partial charge is 0.232 e. The van der Waals surface area contributed by atoms with E-state index in [4.69, 9.17) is 21.1 Å². The molecule has 2 saturated heterocycles. The predicted molar refractivity (Wildman–Crippen MR) is 162 cm³/mol. The third kappa shape index (κ3) is 5.33. The van der Waals surface area contributed by atoms with Gasteiger partial charge in [0.05, 0.1) is 31.3 Å². The van der Waals surface area contributed by atoms with Gasteiger partial charge in [-0.15, -0.1) is 0 Å². The molecule has 6 nitrogen and oxygen atoms in total. The molecule has 2 N–H and O–H groups in total. The van der Waals surface area contributed by atoms with Gasteiger partial charge in [0.15, 0.2) is 11.5 Å². The van der Waals surface area contributed by atoms with Crippen molar-refractivity contribution in [2.45, 2.75) is 82.7 Å². The lowest BCUT2D eigenvalue weighted by Gasteiger charge is -2.40. The normalized spacial score (nSPS) is 25.1. The number of amides is 1. The first-order chi connectivity index (χ1) is 19.6. The summed E-state index contributed by atoms with van der Waals surface area (Å²) in [7, 11) is 1.62. The van der Waals surface area contributed by atoms with Crippen molar-refractivity contribution in [3.05, 3.63) is 87.9 Å². The van der Waals surface area contributed by atoms with Crippen LogP contribution in [0.4, 0.5) is 5.69 Å². The lowest BCUT2D eigenvalue weighted by molar-refractivity contribution is -0.118. The van der Waals surface area contributed by atoms with E-state index in [9.17, 15) is 9.90 Å². The second-order valence-electron chi connectivity index (χ2n) is 12.3. The molecule has 2 bridgehead atoms. The van der Waals surface area contributed by atoms with Crippen molar-refractivity contribution in [2.75, 3.05) is 12.0 Å². The van der Waals surface area contributed by atoms with Crippen molar-refractivity contribution in [2.24, 2.45) is 5.92 Å². The van der Waals surface area contributed by atoms with Crippen molar-refractivity contribution in [3.63, 3.8) is 0 Å². The number of hydrogen-bond acceptors (Lipinski definition) is 5. The highest BCUT2D eigenvalue weighted by molar-refractivity contribution is 6.30. The van der Waals surface area contributed by atoms with Crippen LogP contribution in [0.15, 0.2) is 60.7 Å². The summed E-state index contributed by atoms with van der Waals surface area (Å²) in [6, 6.07) is 20.1. The lowest BCUT2D eigenvalue weighted by Crippen LogP contribution is -2.45. The Kier molecular flexibility index (Phi) is 7.52. The maximum absolute atomic E-state index is 13.9. The number of ether oxygens (including phenoxy) is 2. The monoisotopic (exact) mass is 574 g/mol.